The molecule has 1 aromatic heterocycles. The first-order valence-electron chi connectivity index (χ1n) is 4.25. The van der Waals surface area contributed by atoms with Crippen molar-refractivity contribution in [2.75, 3.05) is 0 Å². The maximum atomic E-state index is 11.6. The fraction of sp³-hybridized carbons (Fsp3) is 0. The molecule has 0 bridgehead atoms. The first-order chi connectivity index (χ1) is 6.70. The van der Waals surface area contributed by atoms with E-state index in [4.69, 9.17) is 5.73 Å². The van der Waals surface area contributed by atoms with Crippen LogP contribution in [0.2, 0.25) is 0 Å². The second-order valence-electron chi connectivity index (χ2n) is 3.10. The number of aromatic nitrogens is 1. The van der Waals surface area contributed by atoms with Gasteiger partial charge in [-0.25, -0.2) is 0 Å². The van der Waals surface area contributed by atoms with E-state index in [0.717, 1.165) is 10.9 Å². The lowest BCUT2D eigenvalue weighted by Gasteiger charge is -1.96. The number of nitrogens with one attached hydrogen (secondary N) is 1. The number of para-hydroxylation sites is 1. The van der Waals surface area contributed by atoms with Crippen LogP contribution in [-0.4, -0.2) is 10.8 Å². The molecule has 0 amide bonds. The second-order valence-corrected chi connectivity index (χ2v) is 3.10. The first-order valence-corrected chi connectivity index (χ1v) is 4.25. The molecule has 0 fully saturated rings. The molecule has 3 N–H and O–H groups in total. The topological polar surface area (TPSA) is 58.9 Å². The Balaban J connectivity index is 2.64. The second kappa shape index (κ2) is 3.03. The van der Waals surface area contributed by atoms with E-state index in [1.165, 1.54) is 0 Å². The number of benzene rings is 1. The highest BCUT2D eigenvalue weighted by molar-refractivity contribution is 6.15. The molecule has 0 aliphatic rings. The number of rotatable bonds is 2. The molecule has 0 unspecified atom stereocenters. The number of H-pyrrole nitrogens is 1. The Morgan fingerprint density at radius 1 is 1.36 bits per heavy atom. The lowest BCUT2D eigenvalue weighted by molar-refractivity contribution is 0.103. The molecule has 1 heterocycles. The van der Waals surface area contributed by atoms with Gasteiger partial charge in [0.2, 0.25) is 5.78 Å². The predicted octanol–water partition coefficient (Wildman–Crippen LogP) is 1.82. The first kappa shape index (κ1) is 8.56. The van der Waals surface area contributed by atoms with Crippen LogP contribution in [0.15, 0.2) is 42.7 Å². The van der Waals surface area contributed by atoms with E-state index >= 15 is 0 Å². The largest absolute Gasteiger partial charge is 0.396 e. The highest BCUT2D eigenvalue weighted by Gasteiger charge is 2.11. The Labute approximate surface area is 81.2 Å². The molecule has 3 nitrogen and oxygen atoms in total. The Morgan fingerprint density at radius 2 is 2.07 bits per heavy atom. The average molecular weight is 186 g/mol. The van der Waals surface area contributed by atoms with E-state index in [2.05, 4.69) is 11.6 Å². The molecule has 0 spiro atoms. The van der Waals surface area contributed by atoms with E-state index in [1.54, 1.807) is 6.20 Å². The molecule has 0 radical (unpaired) electrons. The van der Waals surface area contributed by atoms with Crippen LogP contribution >= 0.6 is 0 Å². The van der Waals surface area contributed by atoms with Gasteiger partial charge in [-0.1, -0.05) is 24.8 Å². The monoisotopic (exact) mass is 186 g/mol. The number of allylic oxidation sites excluding steroid dienone is 1. The van der Waals surface area contributed by atoms with E-state index in [1.807, 2.05) is 24.3 Å². The number of ketones is 1. The molecule has 3 heteroatoms. The van der Waals surface area contributed by atoms with Crippen LogP contribution in [0, 0.1) is 0 Å². The predicted molar refractivity (Wildman–Crippen MR) is 56.0 cm³/mol. The van der Waals surface area contributed by atoms with Gasteiger partial charge in [-0.2, -0.15) is 0 Å². The van der Waals surface area contributed by atoms with E-state index in [0.29, 0.717) is 5.56 Å². The summed E-state index contributed by atoms with van der Waals surface area (Å²) in [5.74, 6) is -0.220. The lowest BCUT2D eigenvalue weighted by Crippen LogP contribution is -2.09. The maximum absolute atomic E-state index is 11.6. The lowest BCUT2D eigenvalue weighted by atomic mass is 10.1. The minimum absolute atomic E-state index is 0.0646. The van der Waals surface area contributed by atoms with Crippen LogP contribution in [0.4, 0.5) is 0 Å². The minimum atomic E-state index is -0.220. The SMILES string of the molecule is C=C(N)C(=O)c1c[nH]c2ccccc12. The molecule has 2 rings (SSSR count). The van der Waals surface area contributed by atoms with Crippen LogP contribution in [0.5, 0.6) is 0 Å². The Hall–Kier alpha value is -2.03. The molecule has 0 atom stereocenters. The fourth-order valence-electron chi connectivity index (χ4n) is 1.43. The normalized spacial score (nSPS) is 10.3. The van der Waals surface area contributed by atoms with Gasteiger partial charge in [-0.15, -0.1) is 0 Å². The quantitative estimate of drug-likeness (QED) is 0.555. The highest BCUT2D eigenvalue weighted by Crippen LogP contribution is 2.18. The summed E-state index contributed by atoms with van der Waals surface area (Å²) in [4.78, 5) is 14.6. The summed E-state index contributed by atoms with van der Waals surface area (Å²) in [6, 6.07) is 7.57. The summed E-state index contributed by atoms with van der Waals surface area (Å²) >= 11 is 0. The standard InChI is InChI=1S/C11H10N2O/c1-7(12)11(14)9-6-13-10-5-3-2-4-8(9)10/h2-6,13H,1,12H2. The van der Waals surface area contributed by atoms with Crippen molar-refractivity contribution in [3.63, 3.8) is 0 Å². The number of hydrogen-bond donors (Lipinski definition) is 2. The van der Waals surface area contributed by atoms with Gasteiger partial charge in [0.05, 0.1) is 5.70 Å². The van der Waals surface area contributed by atoms with Crippen molar-refractivity contribution >= 4 is 16.7 Å². The number of aromatic amines is 1. The van der Waals surface area contributed by atoms with Crippen molar-refractivity contribution in [2.45, 2.75) is 0 Å². The summed E-state index contributed by atoms with van der Waals surface area (Å²) in [5, 5.41) is 0.879. The number of carbonyl (C=O) groups excluding carboxylic acids is 1. The van der Waals surface area contributed by atoms with Gasteiger partial charge in [0.25, 0.3) is 0 Å². The number of Topliss-reactive ketones (excluding diaryl/α,β-unsaturated/α-hetero) is 1. The number of hydrogen-bond acceptors (Lipinski definition) is 2. The Bertz CT molecular complexity index is 511. The summed E-state index contributed by atoms with van der Waals surface area (Å²) < 4.78 is 0. The molecule has 0 saturated carbocycles. The zero-order valence-corrected chi connectivity index (χ0v) is 7.58. The van der Waals surface area contributed by atoms with Gasteiger partial charge in [-0.05, 0) is 6.07 Å². The van der Waals surface area contributed by atoms with Gasteiger partial charge < -0.3 is 10.7 Å². The molecular weight excluding hydrogens is 176 g/mol. The van der Waals surface area contributed by atoms with E-state index in [9.17, 15) is 4.79 Å². The van der Waals surface area contributed by atoms with Crippen molar-refractivity contribution in [1.29, 1.82) is 0 Å². The van der Waals surface area contributed by atoms with Crippen LogP contribution in [0.3, 0.4) is 0 Å². The molecule has 14 heavy (non-hydrogen) atoms. The van der Waals surface area contributed by atoms with Crippen LogP contribution in [0.1, 0.15) is 10.4 Å². The zero-order chi connectivity index (χ0) is 10.1. The van der Waals surface area contributed by atoms with Gasteiger partial charge >= 0.3 is 0 Å². The van der Waals surface area contributed by atoms with Crippen molar-refractivity contribution in [2.24, 2.45) is 5.73 Å². The Kier molecular flexibility index (Phi) is 1.85. The molecule has 0 saturated heterocycles. The van der Waals surface area contributed by atoms with Crippen molar-refractivity contribution < 1.29 is 4.79 Å². The van der Waals surface area contributed by atoms with Crippen molar-refractivity contribution in [1.82, 2.24) is 4.98 Å². The number of nitrogens with two attached hydrogens (primary N) is 1. The summed E-state index contributed by atoms with van der Waals surface area (Å²) in [7, 11) is 0. The van der Waals surface area contributed by atoms with E-state index in [-0.39, 0.29) is 11.5 Å². The smallest absolute Gasteiger partial charge is 0.210 e. The summed E-state index contributed by atoms with van der Waals surface area (Å²) in [6.45, 7) is 3.43. The van der Waals surface area contributed by atoms with Crippen LogP contribution < -0.4 is 5.73 Å². The highest BCUT2D eigenvalue weighted by atomic mass is 16.1. The van der Waals surface area contributed by atoms with E-state index < -0.39 is 0 Å². The molecule has 0 aliphatic heterocycles. The van der Waals surface area contributed by atoms with Gasteiger partial charge in [0, 0.05) is 22.7 Å². The van der Waals surface area contributed by atoms with Crippen molar-refractivity contribution in [3.05, 3.63) is 48.3 Å². The van der Waals surface area contributed by atoms with Gasteiger partial charge in [0.15, 0.2) is 0 Å². The van der Waals surface area contributed by atoms with Gasteiger partial charge in [0.1, 0.15) is 0 Å². The number of fused-ring (bicyclic) bond motifs is 1. The summed E-state index contributed by atoms with van der Waals surface area (Å²) in [6.07, 6.45) is 1.66. The third kappa shape index (κ3) is 1.19. The van der Waals surface area contributed by atoms with Crippen molar-refractivity contribution in [3.8, 4) is 0 Å². The van der Waals surface area contributed by atoms with Gasteiger partial charge in [-0.3, -0.25) is 4.79 Å². The fourth-order valence-corrected chi connectivity index (χ4v) is 1.43. The van der Waals surface area contributed by atoms with Crippen LogP contribution in [-0.2, 0) is 0 Å². The Morgan fingerprint density at radius 3 is 2.79 bits per heavy atom. The molecule has 70 valence electrons. The zero-order valence-electron chi connectivity index (χ0n) is 7.58. The third-order valence-electron chi connectivity index (χ3n) is 2.13. The molecule has 2 aromatic rings. The molecular formula is C11H10N2O. The molecule has 1 aromatic carbocycles. The summed E-state index contributed by atoms with van der Waals surface area (Å²) in [5.41, 5.74) is 6.93. The third-order valence-corrected chi connectivity index (χ3v) is 2.13. The average Bonchev–Trinajstić information content (AvgIpc) is 2.60. The maximum Gasteiger partial charge on any atom is 0.210 e. The number of carbonyl (C=O) groups is 1. The molecule has 0 aliphatic carbocycles. The van der Waals surface area contributed by atoms with Crippen LogP contribution in [0.25, 0.3) is 10.9 Å². The minimum Gasteiger partial charge on any atom is -0.396 e.